The number of fused-ring (bicyclic) bond motifs is 1. The molecule has 3 heteroatoms. The van der Waals surface area contributed by atoms with Crippen LogP contribution >= 0.6 is 0 Å². The first-order valence-corrected chi connectivity index (χ1v) is 8.28. The van der Waals surface area contributed by atoms with E-state index in [9.17, 15) is 0 Å². The summed E-state index contributed by atoms with van der Waals surface area (Å²) in [6.45, 7) is 9.66. The van der Waals surface area contributed by atoms with E-state index in [2.05, 4.69) is 48.9 Å². The van der Waals surface area contributed by atoms with Crippen molar-refractivity contribution >= 4 is 0 Å². The summed E-state index contributed by atoms with van der Waals surface area (Å²) >= 11 is 0. The van der Waals surface area contributed by atoms with Crippen molar-refractivity contribution in [3.63, 3.8) is 0 Å². The zero-order valence-corrected chi connectivity index (χ0v) is 13.9. The van der Waals surface area contributed by atoms with Crippen LogP contribution in [0.5, 0.6) is 0 Å². The monoisotopic (exact) mass is 295 g/mol. The molecule has 0 spiro atoms. The van der Waals surface area contributed by atoms with Crippen molar-refractivity contribution < 1.29 is 0 Å². The Kier molecular flexibility index (Phi) is 4.53. The van der Waals surface area contributed by atoms with Gasteiger partial charge in [-0.25, -0.2) is 9.97 Å². The molecule has 0 radical (unpaired) electrons. The first kappa shape index (κ1) is 15.2. The van der Waals surface area contributed by atoms with Gasteiger partial charge in [0.15, 0.2) is 0 Å². The van der Waals surface area contributed by atoms with Gasteiger partial charge in [0.05, 0.1) is 0 Å². The maximum absolute atomic E-state index is 4.74. The number of nitrogens with zero attached hydrogens (tertiary/aromatic N) is 3. The van der Waals surface area contributed by atoms with Gasteiger partial charge in [-0.15, -0.1) is 0 Å². The van der Waals surface area contributed by atoms with Crippen molar-refractivity contribution in [2.75, 3.05) is 6.54 Å². The molecule has 1 aliphatic rings. The molecule has 0 saturated heterocycles. The number of hydrogen-bond acceptors (Lipinski definition) is 3. The normalized spacial score (nSPS) is 14.9. The summed E-state index contributed by atoms with van der Waals surface area (Å²) in [5.74, 6) is 1.00. The smallest absolute Gasteiger partial charge is 0.128 e. The molecule has 0 bridgehead atoms. The lowest BCUT2D eigenvalue weighted by Crippen LogP contribution is -2.31. The Hall–Kier alpha value is -1.74. The van der Waals surface area contributed by atoms with E-state index in [0.717, 1.165) is 44.7 Å². The number of hydrogen-bond donors (Lipinski definition) is 0. The quantitative estimate of drug-likeness (QED) is 0.863. The van der Waals surface area contributed by atoms with Crippen LogP contribution in [0.1, 0.15) is 47.1 Å². The van der Waals surface area contributed by atoms with Crippen molar-refractivity contribution in [2.45, 2.75) is 53.1 Å². The van der Waals surface area contributed by atoms with Gasteiger partial charge < -0.3 is 0 Å². The molecule has 3 rings (SSSR count). The molecule has 1 aromatic carbocycles. The second-order valence-electron chi connectivity index (χ2n) is 6.33. The third kappa shape index (κ3) is 3.20. The predicted octanol–water partition coefficient (Wildman–Crippen LogP) is 3.60. The van der Waals surface area contributed by atoms with Crippen molar-refractivity contribution in [3.05, 3.63) is 58.2 Å². The lowest BCUT2D eigenvalue weighted by atomic mass is 10.0. The lowest BCUT2D eigenvalue weighted by molar-refractivity contribution is 0.242. The molecule has 0 aliphatic carbocycles. The predicted molar refractivity (Wildman–Crippen MR) is 89.8 cm³/mol. The average molecular weight is 295 g/mol. The largest absolute Gasteiger partial charge is 0.294 e. The van der Waals surface area contributed by atoms with Crippen molar-refractivity contribution in [1.82, 2.24) is 14.9 Å². The second kappa shape index (κ2) is 6.57. The minimum Gasteiger partial charge on any atom is -0.294 e. The topological polar surface area (TPSA) is 29.0 Å². The minimum absolute atomic E-state index is 0.967. The molecule has 0 fully saturated rings. The highest BCUT2D eigenvalue weighted by Gasteiger charge is 2.19. The van der Waals surface area contributed by atoms with Gasteiger partial charge in [-0.1, -0.05) is 25.1 Å². The van der Waals surface area contributed by atoms with Gasteiger partial charge >= 0.3 is 0 Å². The zero-order valence-electron chi connectivity index (χ0n) is 13.9. The Morgan fingerprint density at radius 3 is 2.91 bits per heavy atom. The molecule has 1 aromatic heterocycles. The highest BCUT2D eigenvalue weighted by molar-refractivity contribution is 5.33. The molecule has 22 heavy (non-hydrogen) atoms. The molecule has 0 saturated carbocycles. The molecule has 116 valence electrons. The van der Waals surface area contributed by atoms with E-state index in [1.807, 2.05) is 6.20 Å². The van der Waals surface area contributed by atoms with Gasteiger partial charge in [0.1, 0.15) is 5.82 Å². The first-order chi connectivity index (χ1) is 10.7. The molecule has 0 unspecified atom stereocenters. The van der Waals surface area contributed by atoms with E-state index in [4.69, 9.17) is 4.98 Å². The summed E-state index contributed by atoms with van der Waals surface area (Å²) < 4.78 is 0. The average Bonchev–Trinajstić information content (AvgIpc) is 2.52. The van der Waals surface area contributed by atoms with Crippen LogP contribution in [0.3, 0.4) is 0 Å². The van der Waals surface area contributed by atoms with Crippen molar-refractivity contribution in [2.24, 2.45) is 0 Å². The standard InChI is InChI=1S/C19H25N3/c1-4-6-19-20-11-17-13-22(10-9-18(17)21-19)12-16-8-5-7-14(2)15(16)3/h5,7-8,11H,4,6,9-10,12-13H2,1-3H3. The summed E-state index contributed by atoms with van der Waals surface area (Å²) in [6, 6.07) is 6.60. The summed E-state index contributed by atoms with van der Waals surface area (Å²) in [4.78, 5) is 11.8. The molecule has 3 nitrogen and oxygen atoms in total. The lowest BCUT2D eigenvalue weighted by Gasteiger charge is -2.28. The Labute approximate surface area is 133 Å². The van der Waals surface area contributed by atoms with Crippen LogP contribution in [0.2, 0.25) is 0 Å². The third-order valence-electron chi connectivity index (χ3n) is 4.65. The van der Waals surface area contributed by atoms with E-state index >= 15 is 0 Å². The third-order valence-corrected chi connectivity index (χ3v) is 4.65. The molecule has 0 atom stereocenters. The molecule has 1 aliphatic heterocycles. The molecule has 2 heterocycles. The Bertz CT molecular complexity index is 664. The molecule has 0 N–H and O–H groups in total. The van der Waals surface area contributed by atoms with Crippen LogP contribution in [-0.2, 0) is 25.9 Å². The van der Waals surface area contributed by atoms with Crippen molar-refractivity contribution in [3.8, 4) is 0 Å². The highest BCUT2D eigenvalue weighted by atomic mass is 15.1. The van der Waals surface area contributed by atoms with E-state index in [0.29, 0.717) is 0 Å². The summed E-state index contributed by atoms with van der Waals surface area (Å²) in [5, 5.41) is 0. The molecular weight excluding hydrogens is 270 g/mol. The number of rotatable bonds is 4. The van der Waals surface area contributed by atoms with Gasteiger partial charge in [0.25, 0.3) is 0 Å². The molecular formula is C19H25N3. The van der Waals surface area contributed by atoms with Gasteiger partial charge in [0, 0.05) is 49.9 Å². The van der Waals surface area contributed by atoms with Crippen LogP contribution in [0, 0.1) is 13.8 Å². The van der Waals surface area contributed by atoms with Crippen LogP contribution in [0.4, 0.5) is 0 Å². The van der Waals surface area contributed by atoms with Gasteiger partial charge in [0.2, 0.25) is 0 Å². The van der Waals surface area contributed by atoms with E-state index in [1.54, 1.807) is 0 Å². The number of aryl methyl sites for hydroxylation is 2. The fraction of sp³-hybridized carbons (Fsp3) is 0.474. The van der Waals surface area contributed by atoms with Crippen molar-refractivity contribution in [1.29, 1.82) is 0 Å². The Balaban J connectivity index is 1.73. The van der Waals surface area contributed by atoms with Crippen LogP contribution in [0.15, 0.2) is 24.4 Å². The fourth-order valence-corrected chi connectivity index (χ4v) is 3.12. The maximum Gasteiger partial charge on any atom is 0.128 e. The minimum atomic E-state index is 0.967. The van der Waals surface area contributed by atoms with E-state index in [1.165, 1.54) is 27.9 Å². The van der Waals surface area contributed by atoms with Crippen LogP contribution in [-0.4, -0.2) is 21.4 Å². The van der Waals surface area contributed by atoms with Gasteiger partial charge in [-0.2, -0.15) is 0 Å². The first-order valence-electron chi connectivity index (χ1n) is 8.28. The Morgan fingerprint density at radius 1 is 1.23 bits per heavy atom. The van der Waals surface area contributed by atoms with Gasteiger partial charge in [-0.3, -0.25) is 4.90 Å². The van der Waals surface area contributed by atoms with Gasteiger partial charge in [-0.05, 0) is 37.0 Å². The zero-order chi connectivity index (χ0) is 15.5. The number of benzene rings is 1. The second-order valence-corrected chi connectivity index (χ2v) is 6.33. The summed E-state index contributed by atoms with van der Waals surface area (Å²) in [6.07, 6.45) is 5.18. The fourth-order valence-electron chi connectivity index (χ4n) is 3.12. The molecule has 2 aromatic rings. The summed E-state index contributed by atoms with van der Waals surface area (Å²) in [7, 11) is 0. The highest BCUT2D eigenvalue weighted by Crippen LogP contribution is 2.21. The van der Waals surface area contributed by atoms with Crippen LogP contribution < -0.4 is 0 Å². The SMILES string of the molecule is CCCc1ncc2c(n1)CCN(Cc1cccc(C)c1C)C2. The summed E-state index contributed by atoms with van der Waals surface area (Å²) in [5.41, 5.74) is 6.80. The Morgan fingerprint density at radius 2 is 2.09 bits per heavy atom. The number of aromatic nitrogens is 2. The maximum atomic E-state index is 4.74. The van der Waals surface area contributed by atoms with E-state index in [-0.39, 0.29) is 0 Å². The molecule has 0 amide bonds. The van der Waals surface area contributed by atoms with Crippen LogP contribution in [0.25, 0.3) is 0 Å². The van der Waals surface area contributed by atoms with E-state index < -0.39 is 0 Å².